The minimum Gasteiger partial charge on any atom is -0.348 e. The molecule has 0 spiro atoms. The number of fused-ring (bicyclic) bond motifs is 1. The van der Waals surface area contributed by atoms with E-state index in [-0.39, 0.29) is 0 Å². The Kier molecular flexibility index (Phi) is 3.59. The molecule has 1 aliphatic heterocycles. The summed E-state index contributed by atoms with van der Waals surface area (Å²) in [6, 6.07) is 0. The van der Waals surface area contributed by atoms with Crippen molar-refractivity contribution >= 4 is 16.5 Å². The number of hydrogen-bond acceptors (Lipinski definition) is 4. The Morgan fingerprint density at radius 1 is 1.47 bits per heavy atom. The molecule has 0 unspecified atom stereocenters. The molecule has 2 heterocycles. The highest BCUT2D eigenvalue weighted by molar-refractivity contribution is 7.15. The summed E-state index contributed by atoms with van der Waals surface area (Å²) in [4.78, 5) is 8.56. The first-order chi connectivity index (χ1) is 7.35. The predicted molar refractivity (Wildman–Crippen MR) is 65.7 cm³/mol. The number of anilines is 1. The Morgan fingerprint density at radius 2 is 2.33 bits per heavy atom. The monoisotopic (exact) mass is 225 g/mol. The van der Waals surface area contributed by atoms with Crippen LogP contribution in [-0.2, 0) is 13.0 Å². The third-order valence-electron chi connectivity index (χ3n) is 2.74. The van der Waals surface area contributed by atoms with Crippen molar-refractivity contribution in [1.82, 2.24) is 10.3 Å². The largest absolute Gasteiger partial charge is 0.348 e. The molecule has 1 aliphatic rings. The van der Waals surface area contributed by atoms with Crippen LogP contribution >= 0.6 is 11.3 Å². The lowest BCUT2D eigenvalue weighted by molar-refractivity contribution is 0.643. The number of thiazole rings is 1. The van der Waals surface area contributed by atoms with E-state index >= 15 is 0 Å². The van der Waals surface area contributed by atoms with Gasteiger partial charge in [-0.2, -0.15) is 0 Å². The molecule has 0 aliphatic carbocycles. The lowest BCUT2D eigenvalue weighted by Gasteiger charge is -2.18. The van der Waals surface area contributed by atoms with Gasteiger partial charge in [-0.1, -0.05) is 6.92 Å². The molecule has 0 bridgehead atoms. The Bertz CT molecular complexity index is 298. The molecule has 2 rings (SSSR count). The Hall–Kier alpha value is -0.610. The van der Waals surface area contributed by atoms with Crippen LogP contribution in [0.2, 0.25) is 0 Å². The van der Waals surface area contributed by atoms with Gasteiger partial charge in [0.05, 0.1) is 5.69 Å². The van der Waals surface area contributed by atoms with Gasteiger partial charge >= 0.3 is 0 Å². The van der Waals surface area contributed by atoms with E-state index in [2.05, 4.69) is 24.1 Å². The zero-order valence-electron chi connectivity index (χ0n) is 9.55. The van der Waals surface area contributed by atoms with E-state index in [0.717, 1.165) is 32.6 Å². The second-order valence-electron chi connectivity index (χ2n) is 3.87. The fourth-order valence-electron chi connectivity index (χ4n) is 1.91. The molecule has 15 heavy (non-hydrogen) atoms. The van der Waals surface area contributed by atoms with Gasteiger partial charge in [0.2, 0.25) is 0 Å². The third kappa shape index (κ3) is 2.32. The summed E-state index contributed by atoms with van der Waals surface area (Å²) in [5, 5.41) is 4.61. The summed E-state index contributed by atoms with van der Waals surface area (Å²) >= 11 is 1.86. The van der Waals surface area contributed by atoms with Crippen LogP contribution in [0.15, 0.2) is 0 Å². The molecule has 0 saturated carbocycles. The van der Waals surface area contributed by atoms with Crippen LogP contribution in [0.5, 0.6) is 0 Å². The van der Waals surface area contributed by atoms with Crippen LogP contribution in [0.4, 0.5) is 5.13 Å². The van der Waals surface area contributed by atoms with Crippen molar-refractivity contribution < 1.29 is 0 Å². The van der Waals surface area contributed by atoms with Gasteiger partial charge in [0.15, 0.2) is 5.13 Å². The van der Waals surface area contributed by atoms with Crippen LogP contribution in [0.25, 0.3) is 0 Å². The lowest BCUT2D eigenvalue weighted by Crippen LogP contribution is -2.23. The van der Waals surface area contributed by atoms with E-state index in [1.165, 1.54) is 22.1 Å². The van der Waals surface area contributed by atoms with Crippen LogP contribution in [0.1, 0.15) is 30.8 Å². The van der Waals surface area contributed by atoms with E-state index in [1.54, 1.807) is 0 Å². The molecule has 1 N–H and O–H groups in total. The molecule has 1 aromatic heterocycles. The highest BCUT2D eigenvalue weighted by Crippen LogP contribution is 2.28. The fraction of sp³-hybridized carbons (Fsp3) is 0.727. The summed E-state index contributed by atoms with van der Waals surface area (Å²) in [6.45, 7) is 8.70. The summed E-state index contributed by atoms with van der Waals surface area (Å²) in [7, 11) is 0. The molecule has 0 radical (unpaired) electrons. The van der Waals surface area contributed by atoms with Crippen molar-refractivity contribution in [2.24, 2.45) is 0 Å². The van der Waals surface area contributed by atoms with Crippen molar-refractivity contribution in [2.45, 2.75) is 33.2 Å². The summed E-state index contributed by atoms with van der Waals surface area (Å²) in [5.41, 5.74) is 1.32. The maximum Gasteiger partial charge on any atom is 0.185 e. The van der Waals surface area contributed by atoms with Crippen molar-refractivity contribution in [2.75, 3.05) is 24.5 Å². The summed E-state index contributed by atoms with van der Waals surface area (Å²) in [6.07, 6.45) is 2.28. The second-order valence-corrected chi connectivity index (χ2v) is 4.93. The van der Waals surface area contributed by atoms with E-state index in [0.29, 0.717) is 0 Å². The Morgan fingerprint density at radius 3 is 3.00 bits per heavy atom. The van der Waals surface area contributed by atoms with Crippen molar-refractivity contribution in [1.29, 1.82) is 0 Å². The number of nitrogens with one attached hydrogen (secondary N) is 1. The first kappa shape index (κ1) is 10.9. The molecule has 0 atom stereocenters. The molecule has 84 valence electrons. The molecule has 0 fully saturated rings. The average molecular weight is 225 g/mol. The van der Waals surface area contributed by atoms with E-state index in [4.69, 9.17) is 4.98 Å². The van der Waals surface area contributed by atoms with Gasteiger partial charge in [0, 0.05) is 37.5 Å². The number of aromatic nitrogens is 1. The standard InChI is InChI=1S/C11H19N3S/c1-3-7-14(4-2)11-13-9-5-6-12-8-10(9)15-11/h12H,3-8H2,1-2H3. The number of hydrogen-bond donors (Lipinski definition) is 1. The molecule has 0 amide bonds. The van der Waals surface area contributed by atoms with Gasteiger partial charge in [0.1, 0.15) is 0 Å². The molecule has 1 aromatic rings. The van der Waals surface area contributed by atoms with E-state index in [1.807, 2.05) is 11.3 Å². The van der Waals surface area contributed by atoms with E-state index < -0.39 is 0 Å². The summed E-state index contributed by atoms with van der Waals surface area (Å²) in [5.74, 6) is 0. The van der Waals surface area contributed by atoms with Crippen molar-refractivity contribution in [3.63, 3.8) is 0 Å². The first-order valence-corrected chi connectivity index (χ1v) is 6.61. The van der Waals surface area contributed by atoms with Crippen LogP contribution in [-0.4, -0.2) is 24.6 Å². The van der Waals surface area contributed by atoms with Gasteiger partial charge in [-0.3, -0.25) is 0 Å². The molecular formula is C11H19N3S. The minimum atomic E-state index is 1.01. The third-order valence-corrected chi connectivity index (χ3v) is 3.90. The topological polar surface area (TPSA) is 28.2 Å². The lowest BCUT2D eigenvalue weighted by atomic mass is 10.2. The Balaban J connectivity index is 2.16. The van der Waals surface area contributed by atoms with Crippen molar-refractivity contribution in [3.8, 4) is 0 Å². The predicted octanol–water partition coefficient (Wildman–Crippen LogP) is 2.03. The minimum absolute atomic E-state index is 1.01. The van der Waals surface area contributed by atoms with Crippen LogP contribution < -0.4 is 10.2 Å². The molecule has 4 heteroatoms. The van der Waals surface area contributed by atoms with Crippen molar-refractivity contribution in [3.05, 3.63) is 10.6 Å². The molecular weight excluding hydrogens is 206 g/mol. The Labute approximate surface area is 95.5 Å². The summed E-state index contributed by atoms with van der Waals surface area (Å²) < 4.78 is 0. The number of rotatable bonds is 4. The maximum atomic E-state index is 4.74. The first-order valence-electron chi connectivity index (χ1n) is 5.79. The van der Waals surface area contributed by atoms with Gasteiger partial charge in [0.25, 0.3) is 0 Å². The second kappa shape index (κ2) is 4.94. The fourth-order valence-corrected chi connectivity index (χ4v) is 3.07. The van der Waals surface area contributed by atoms with Crippen LogP contribution in [0.3, 0.4) is 0 Å². The maximum absolute atomic E-state index is 4.74. The van der Waals surface area contributed by atoms with Gasteiger partial charge in [-0.05, 0) is 13.3 Å². The average Bonchev–Trinajstić information content (AvgIpc) is 2.69. The van der Waals surface area contributed by atoms with E-state index in [9.17, 15) is 0 Å². The highest BCUT2D eigenvalue weighted by Gasteiger charge is 2.17. The van der Waals surface area contributed by atoms with Crippen LogP contribution in [0, 0.1) is 0 Å². The molecule has 0 saturated heterocycles. The zero-order valence-corrected chi connectivity index (χ0v) is 10.4. The molecule has 3 nitrogen and oxygen atoms in total. The SMILES string of the molecule is CCCN(CC)c1nc2c(s1)CNCC2. The van der Waals surface area contributed by atoms with Gasteiger partial charge < -0.3 is 10.2 Å². The smallest absolute Gasteiger partial charge is 0.185 e. The van der Waals surface area contributed by atoms with Gasteiger partial charge in [-0.15, -0.1) is 11.3 Å². The highest BCUT2D eigenvalue weighted by atomic mass is 32.1. The number of nitrogens with zero attached hydrogens (tertiary/aromatic N) is 2. The molecule has 0 aromatic carbocycles. The zero-order chi connectivity index (χ0) is 10.7. The quantitative estimate of drug-likeness (QED) is 0.850. The normalized spacial score (nSPS) is 15.1. The van der Waals surface area contributed by atoms with Gasteiger partial charge in [-0.25, -0.2) is 4.98 Å².